The highest BCUT2D eigenvalue weighted by atomic mass is 16.6. The van der Waals surface area contributed by atoms with Gasteiger partial charge in [-0.2, -0.15) is 0 Å². The van der Waals surface area contributed by atoms with Gasteiger partial charge in [0.05, 0.1) is 4.92 Å². The second-order valence-electron chi connectivity index (χ2n) is 8.12. The maximum atomic E-state index is 13.3. The van der Waals surface area contributed by atoms with E-state index >= 15 is 0 Å². The fourth-order valence-electron chi connectivity index (χ4n) is 4.22. The van der Waals surface area contributed by atoms with E-state index in [1.165, 1.54) is 12.5 Å². The summed E-state index contributed by atoms with van der Waals surface area (Å²) in [6, 6.07) is 14.9. The van der Waals surface area contributed by atoms with Gasteiger partial charge in [0.2, 0.25) is 0 Å². The Morgan fingerprint density at radius 1 is 1.07 bits per heavy atom. The van der Waals surface area contributed by atoms with Gasteiger partial charge < -0.3 is 9.80 Å². The van der Waals surface area contributed by atoms with Crippen LogP contribution in [-0.4, -0.2) is 35.4 Å². The first-order chi connectivity index (χ1) is 14.1. The number of hydrogen-bond donors (Lipinski definition) is 0. The van der Waals surface area contributed by atoms with E-state index in [9.17, 15) is 14.9 Å². The number of nitrogens with zero attached hydrogens (tertiary/aromatic N) is 3. The van der Waals surface area contributed by atoms with Gasteiger partial charge in [0.1, 0.15) is 5.69 Å². The topological polar surface area (TPSA) is 66.7 Å². The molecular formula is C23H27N3O3. The van der Waals surface area contributed by atoms with E-state index in [1.54, 1.807) is 12.1 Å². The van der Waals surface area contributed by atoms with Crippen molar-refractivity contribution in [1.29, 1.82) is 0 Å². The van der Waals surface area contributed by atoms with Crippen LogP contribution < -0.4 is 4.90 Å². The number of nitro groups is 1. The maximum Gasteiger partial charge on any atom is 0.293 e. The number of benzene rings is 2. The SMILES string of the molecule is O=C(c1ccc(N2CCCC2)c([N+](=O)[O-])c1)N(Cc1ccccc1)CC1CCC1. The van der Waals surface area contributed by atoms with Gasteiger partial charge in [-0.15, -0.1) is 0 Å². The van der Waals surface area contributed by atoms with Crippen LogP contribution in [0.2, 0.25) is 0 Å². The first-order valence-corrected chi connectivity index (χ1v) is 10.5. The van der Waals surface area contributed by atoms with Crippen LogP contribution in [0, 0.1) is 16.0 Å². The largest absolute Gasteiger partial charge is 0.366 e. The van der Waals surface area contributed by atoms with Crippen LogP contribution in [0.15, 0.2) is 48.5 Å². The van der Waals surface area contributed by atoms with E-state index in [4.69, 9.17) is 0 Å². The molecule has 0 unspecified atom stereocenters. The van der Waals surface area contributed by atoms with Crippen molar-refractivity contribution in [2.75, 3.05) is 24.5 Å². The van der Waals surface area contributed by atoms with Crippen LogP contribution in [0.1, 0.15) is 48.0 Å². The number of anilines is 1. The van der Waals surface area contributed by atoms with Crippen molar-refractivity contribution in [2.45, 2.75) is 38.6 Å². The molecule has 2 aromatic rings. The van der Waals surface area contributed by atoms with Gasteiger partial charge in [-0.25, -0.2) is 0 Å². The second-order valence-corrected chi connectivity index (χ2v) is 8.12. The number of rotatable bonds is 7. The van der Waals surface area contributed by atoms with Gasteiger partial charge in [-0.1, -0.05) is 36.8 Å². The predicted octanol–water partition coefficient (Wildman–Crippen LogP) is 4.64. The zero-order valence-electron chi connectivity index (χ0n) is 16.6. The molecule has 1 saturated heterocycles. The van der Waals surface area contributed by atoms with E-state index in [1.807, 2.05) is 40.1 Å². The van der Waals surface area contributed by atoms with Crippen LogP contribution in [-0.2, 0) is 6.54 Å². The molecule has 2 fully saturated rings. The molecule has 2 aromatic carbocycles. The lowest BCUT2D eigenvalue weighted by Crippen LogP contribution is -2.37. The molecule has 6 nitrogen and oxygen atoms in total. The minimum atomic E-state index is -0.363. The second kappa shape index (κ2) is 8.64. The summed E-state index contributed by atoms with van der Waals surface area (Å²) in [6.45, 7) is 2.89. The van der Waals surface area contributed by atoms with Crippen molar-refractivity contribution in [3.63, 3.8) is 0 Å². The molecule has 2 aliphatic rings. The van der Waals surface area contributed by atoms with Crippen LogP contribution in [0.4, 0.5) is 11.4 Å². The quantitative estimate of drug-likeness (QED) is 0.508. The highest BCUT2D eigenvalue weighted by Gasteiger charge is 2.28. The lowest BCUT2D eigenvalue weighted by molar-refractivity contribution is -0.384. The molecule has 0 atom stereocenters. The molecule has 0 aromatic heterocycles. The molecule has 6 heteroatoms. The standard InChI is InChI=1S/C23H27N3O3/c27-23(25(17-19-9-6-10-19)16-18-7-2-1-3-8-18)20-11-12-21(22(15-20)26(28)29)24-13-4-5-14-24/h1-3,7-8,11-12,15,19H,4-6,9-10,13-14,16-17H2. The van der Waals surface area contributed by atoms with Gasteiger partial charge in [0.25, 0.3) is 11.6 Å². The van der Waals surface area contributed by atoms with Crippen molar-refractivity contribution >= 4 is 17.3 Å². The van der Waals surface area contributed by atoms with Crippen LogP contribution in [0.5, 0.6) is 0 Å². The van der Waals surface area contributed by atoms with Crippen molar-refractivity contribution in [3.8, 4) is 0 Å². The number of carbonyl (C=O) groups excluding carboxylic acids is 1. The third-order valence-electron chi connectivity index (χ3n) is 6.07. The summed E-state index contributed by atoms with van der Waals surface area (Å²) in [5.41, 5.74) is 2.12. The number of carbonyl (C=O) groups is 1. The monoisotopic (exact) mass is 393 g/mol. The van der Waals surface area contributed by atoms with Crippen molar-refractivity contribution in [1.82, 2.24) is 4.90 Å². The van der Waals surface area contributed by atoms with Gasteiger partial charge >= 0.3 is 0 Å². The van der Waals surface area contributed by atoms with E-state index in [2.05, 4.69) is 0 Å². The normalized spacial score (nSPS) is 16.5. The van der Waals surface area contributed by atoms with Gasteiger partial charge in [-0.3, -0.25) is 14.9 Å². The smallest absolute Gasteiger partial charge is 0.293 e. The van der Waals surface area contributed by atoms with Crippen LogP contribution >= 0.6 is 0 Å². The molecule has 152 valence electrons. The fraction of sp³-hybridized carbons (Fsp3) is 0.435. The fourth-order valence-corrected chi connectivity index (χ4v) is 4.22. The Balaban J connectivity index is 1.60. The van der Waals surface area contributed by atoms with E-state index in [0.29, 0.717) is 30.3 Å². The minimum absolute atomic E-state index is 0.0288. The highest BCUT2D eigenvalue weighted by Crippen LogP contribution is 2.33. The molecule has 4 rings (SSSR count). The third-order valence-corrected chi connectivity index (χ3v) is 6.07. The molecule has 1 aliphatic carbocycles. The van der Waals surface area contributed by atoms with Crippen molar-refractivity contribution in [3.05, 3.63) is 69.8 Å². The Labute approximate surface area is 171 Å². The molecular weight excluding hydrogens is 366 g/mol. The Morgan fingerprint density at radius 2 is 1.79 bits per heavy atom. The zero-order chi connectivity index (χ0) is 20.2. The summed E-state index contributed by atoms with van der Waals surface area (Å²) in [4.78, 5) is 28.6. The molecule has 1 saturated carbocycles. The summed E-state index contributed by atoms with van der Waals surface area (Å²) < 4.78 is 0. The Hall–Kier alpha value is -2.89. The van der Waals surface area contributed by atoms with E-state index < -0.39 is 0 Å². The summed E-state index contributed by atoms with van der Waals surface area (Å²) in [7, 11) is 0. The Bertz CT molecular complexity index is 874. The minimum Gasteiger partial charge on any atom is -0.366 e. The van der Waals surface area contributed by atoms with E-state index in [0.717, 1.165) is 44.3 Å². The van der Waals surface area contributed by atoms with E-state index in [-0.39, 0.29) is 16.5 Å². The van der Waals surface area contributed by atoms with Crippen molar-refractivity contribution < 1.29 is 9.72 Å². The number of amides is 1. The van der Waals surface area contributed by atoms with Gasteiger partial charge in [-0.05, 0) is 49.3 Å². The average Bonchev–Trinajstić information content (AvgIpc) is 3.24. The summed E-state index contributed by atoms with van der Waals surface area (Å²) in [6.07, 6.45) is 5.60. The molecule has 0 N–H and O–H groups in total. The zero-order valence-corrected chi connectivity index (χ0v) is 16.6. The van der Waals surface area contributed by atoms with Crippen LogP contribution in [0.25, 0.3) is 0 Å². The number of nitro benzene ring substituents is 1. The maximum absolute atomic E-state index is 13.3. The first-order valence-electron chi connectivity index (χ1n) is 10.5. The summed E-state index contributed by atoms with van der Waals surface area (Å²) >= 11 is 0. The van der Waals surface area contributed by atoms with Gasteiger partial charge in [0, 0.05) is 37.8 Å². The first kappa shape index (κ1) is 19.4. The molecule has 1 heterocycles. The van der Waals surface area contributed by atoms with Gasteiger partial charge in [0.15, 0.2) is 0 Å². The Kier molecular flexibility index (Phi) is 5.79. The molecule has 29 heavy (non-hydrogen) atoms. The average molecular weight is 393 g/mol. The number of hydrogen-bond acceptors (Lipinski definition) is 4. The van der Waals surface area contributed by atoms with Crippen LogP contribution in [0.3, 0.4) is 0 Å². The van der Waals surface area contributed by atoms with Crippen molar-refractivity contribution in [2.24, 2.45) is 5.92 Å². The molecule has 0 bridgehead atoms. The predicted molar refractivity (Wildman–Crippen MR) is 113 cm³/mol. The molecule has 1 amide bonds. The highest BCUT2D eigenvalue weighted by molar-refractivity contribution is 5.95. The molecule has 1 aliphatic heterocycles. The summed E-state index contributed by atoms with van der Waals surface area (Å²) in [5.74, 6) is 0.401. The molecule has 0 radical (unpaired) electrons. The lowest BCUT2D eigenvalue weighted by Gasteiger charge is -2.32. The Morgan fingerprint density at radius 3 is 2.41 bits per heavy atom. The summed E-state index contributed by atoms with van der Waals surface area (Å²) in [5, 5.41) is 11.7. The lowest BCUT2D eigenvalue weighted by atomic mass is 9.85. The molecule has 0 spiro atoms. The third kappa shape index (κ3) is 4.42.